The topological polar surface area (TPSA) is 63.5 Å². The van der Waals surface area contributed by atoms with Gasteiger partial charge in [0.05, 0.1) is 25.7 Å². The number of methoxy groups -OCH3 is 2. The van der Waals surface area contributed by atoms with Gasteiger partial charge in [-0.1, -0.05) is 42.1 Å². The van der Waals surface area contributed by atoms with Gasteiger partial charge in [-0.2, -0.15) is 5.10 Å². The lowest BCUT2D eigenvalue weighted by molar-refractivity contribution is -0.125. The summed E-state index contributed by atoms with van der Waals surface area (Å²) < 4.78 is 10.5. The Bertz CT molecular complexity index is 925. The molecule has 2 aromatic rings. The average molecular weight is 410 g/mol. The molecular formula is C22H23N3O3S. The molecule has 0 aliphatic carbocycles. The van der Waals surface area contributed by atoms with E-state index in [1.54, 1.807) is 31.4 Å². The molecule has 6 nitrogen and oxygen atoms in total. The van der Waals surface area contributed by atoms with Crippen molar-refractivity contribution in [3.8, 4) is 11.5 Å². The molecule has 1 aliphatic rings. The highest BCUT2D eigenvalue weighted by Crippen LogP contribution is 2.30. The number of amides is 1. The largest absolute Gasteiger partial charge is 0.497 e. The van der Waals surface area contributed by atoms with E-state index >= 15 is 0 Å². The number of hydrogen-bond acceptors (Lipinski definition) is 6. The number of hydrogen-bond donors (Lipinski definition) is 0. The number of rotatable bonds is 8. The summed E-state index contributed by atoms with van der Waals surface area (Å²) >= 11 is 1.42. The van der Waals surface area contributed by atoms with Crippen molar-refractivity contribution in [3.63, 3.8) is 0 Å². The molecule has 1 aliphatic heterocycles. The Balaban J connectivity index is 1.76. The summed E-state index contributed by atoms with van der Waals surface area (Å²) in [6, 6.07) is 15.3. The lowest BCUT2D eigenvalue weighted by Gasteiger charge is -2.13. The number of nitrogens with zero attached hydrogens (tertiary/aromatic N) is 3. The van der Waals surface area contributed by atoms with E-state index in [2.05, 4.69) is 16.8 Å². The molecule has 29 heavy (non-hydrogen) atoms. The van der Waals surface area contributed by atoms with Gasteiger partial charge in [-0.15, -0.1) is 11.7 Å². The van der Waals surface area contributed by atoms with Crippen LogP contribution in [0.2, 0.25) is 0 Å². The molecule has 7 heteroatoms. The second-order valence-electron chi connectivity index (χ2n) is 6.27. The summed E-state index contributed by atoms with van der Waals surface area (Å²) in [5.74, 6) is 1.52. The van der Waals surface area contributed by atoms with Gasteiger partial charge < -0.3 is 9.47 Å². The molecule has 0 spiro atoms. The van der Waals surface area contributed by atoms with Crippen LogP contribution in [0.15, 0.2) is 71.4 Å². The maximum absolute atomic E-state index is 12.8. The van der Waals surface area contributed by atoms with Gasteiger partial charge in [0, 0.05) is 12.1 Å². The minimum absolute atomic E-state index is 0.0111. The summed E-state index contributed by atoms with van der Waals surface area (Å²) in [7, 11) is 3.24. The third-order valence-corrected chi connectivity index (χ3v) is 5.56. The lowest BCUT2D eigenvalue weighted by Crippen LogP contribution is -2.32. The lowest BCUT2D eigenvalue weighted by atomic mass is 10.1. The Morgan fingerprint density at radius 3 is 2.59 bits per heavy atom. The Labute approximate surface area is 174 Å². The van der Waals surface area contributed by atoms with Crippen molar-refractivity contribution in [1.82, 2.24) is 4.90 Å². The van der Waals surface area contributed by atoms with E-state index in [9.17, 15) is 4.79 Å². The van der Waals surface area contributed by atoms with E-state index in [4.69, 9.17) is 9.47 Å². The van der Waals surface area contributed by atoms with Crippen LogP contribution in [0, 0.1) is 0 Å². The molecule has 1 fully saturated rings. The number of para-hydroxylation sites is 1. The third-order valence-electron chi connectivity index (χ3n) is 4.39. The summed E-state index contributed by atoms with van der Waals surface area (Å²) in [5.41, 5.74) is 1.88. The summed E-state index contributed by atoms with van der Waals surface area (Å²) in [6.45, 7) is 4.14. The first-order valence-electron chi connectivity index (χ1n) is 9.12. The molecular weight excluding hydrogens is 386 g/mol. The van der Waals surface area contributed by atoms with Crippen LogP contribution in [0.1, 0.15) is 11.1 Å². The van der Waals surface area contributed by atoms with E-state index in [1.165, 1.54) is 11.8 Å². The van der Waals surface area contributed by atoms with E-state index in [1.807, 2.05) is 48.5 Å². The van der Waals surface area contributed by atoms with Crippen LogP contribution in [-0.2, 0) is 11.2 Å². The molecule has 2 aromatic carbocycles. The second-order valence-corrected chi connectivity index (χ2v) is 7.44. The van der Waals surface area contributed by atoms with Gasteiger partial charge in [0.2, 0.25) is 5.91 Å². The SMILES string of the molecule is C=CCN1C(=O)C(Cc2ccc(OC)cc2)SC1=NN=Cc1ccccc1OC. The van der Waals surface area contributed by atoms with E-state index in [0.29, 0.717) is 23.9 Å². The number of carbonyl (C=O) groups is 1. The molecule has 1 heterocycles. The Hall–Kier alpha value is -3.06. The summed E-state index contributed by atoms with van der Waals surface area (Å²) in [5, 5.41) is 8.80. The van der Waals surface area contributed by atoms with Gasteiger partial charge in [0.15, 0.2) is 5.17 Å². The maximum Gasteiger partial charge on any atom is 0.242 e. The first-order chi connectivity index (χ1) is 14.2. The van der Waals surface area contributed by atoms with Gasteiger partial charge in [-0.25, -0.2) is 0 Å². The van der Waals surface area contributed by atoms with Gasteiger partial charge in [0.25, 0.3) is 0 Å². The third kappa shape index (κ3) is 5.06. The monoisotopic (exact) mass is 409 g/mol. The molecule has 1 unspecified atom stereocenters. The molecule has 0 aromatic heterocycles. The number of thioether (sulfide) groups is 1. The van der Waals surface area contributed by atoms with E-state index in [0.717, 1.165) is 16.9 Å². The quantitative estimate of drug-likeness (QED) is 0.378. The predicted octanol–water partition coefficient (Wildman–Crippen LogP) is 3.77. The van der Waals surface area contributed by atoms with Gasteiger partial charge in [-0.3, -0.25) is 9.69 Å². The highest BCUT2D eigenvalue weighted by molar-refractivity contribution is 8.15. The minimum Gasteiger partial charge on any atom is -0.497 e. The van der Waals surface area contributed by atoms with Crippen LogP contribution in [0.3, 0.4) is 0 Å². The van der Waals surface area contributed by atoms with Crippen molar-refractivity contribution >= 4 is 29.1 Å². The number of ether oxygens (including phenoxy) is 2. The number of carbonyl (C=O) groups excluding carboxylic acids is 1. The van der Waals surface area contributed by atoms with Crippen LogP contribution >= 0.6 is 11.8 Å². The first-order valence-corrected chi connectivity index (χ1v) is 10.00. The molecule has 1 amide bonds. The summed E-state index contributed by atoms with van der Waals surface area (Å²) in [6.07, 6.45) is 3.92. The van der Waals surface area contributed by atoms with Gasteiger partial charge in [-0.05, 0) is 36.2 Å². The Morgan fingerprint density at radius 2 is 1.90 bits per heavy atom. The molecule has 1 saturated heterocycles. The molecule has 0 N–H and O–H groups in total. The van der Waals surface area contributed by atoms with Crippen molar-refractivity contribution in [3.05, 3.63) is 72.3 Å². The standard InChI is InChI=1S/C22H23N3O3S/c1-4-13-25-21(26)20(14-16-9-11-18(27-2)12-10-16)29-22(25)24-23-15-17-7-5-6-8-19(17)28-3/h4-12,15,20H,1,13-14H2,2-3H3. The molecule has 0 bridgehead atoms. The van der Waals surface area contributed by atoms with Crippen molar-refractivity contribution in [2.45, 2.75) is 11.7 Å². The number of amidine groups is 1. The Morgan fingerprint density at radius 1 is 1.14 bits per heavy atom. The zero-order valence-corrected chi connectivity index (χ0v) is 17.3. The van der Waals surface area contributed by atoms with E-state index < -0.39 is 0 Å². The highest BCUT2D eigenvalue weighted by atomic mass is 32.2. The van der Waals surface area contributed by atoms with Crippen LogP contribution in [0.5, 0.6) is 11.5 Å². The zero-order chi connectivity index (χ0) is 20.6. The minimum atomic E-state index is -0.247. The molecule has 1 atom stereocenters. The average Bonchev–Trinajstić information content (AvgIpc) is 3.04. The predicted molar refractivity (Wildman–Crippen MR) is 118 cm³/mol. The molecule has 150 valence electrons. The zero-order valence-electron chi connectivity index (χ0n) is 16.4. The normalized spacial score (nSPS) is 17.9. The number of benzene rings is 2. The van der Waals surface area contributed by atoms with E-state index in [-0.39, 0.29) is 11.2 Å². The summed E-state index contributed by atoms with van der Waals surface area (Å²) in [4.78, 5) is 14.5. The fraction of sp³-hybridized carbons (Fsp3) is 0.227. The van der Waals surface area contributed by atoms with Crippen molar-refractivity contribution < 1.29 is 14.3 Å². The molecule has 0 radical (unpaired) electrons. The van der Waals surface area contributed by atoms with Gasteiger partial charge in [0.1, 0.15) is 11.5 Å². The van der Waals surface area contributed by atoms with Crippen LogP contribution in [0.25, 0.3) is 0 Å². The smallest absolute Gasteiger partial charge is 0.242 e. The van der Waals surface area contributed by atoms with Crippen LogP contribution < -0.4 is 9.47 Å². The molecule has 3 rings (SSSR count). The van der Waals surface area contributed by atoms with Crippen LogP contribution in [-0.4, -0.2) is 48.2 Å². The van der Waals surface area contributed by atoms with Crippen molar-refractivity contribution in [2.75, 3.05) is 20.8 Å². The van der Waals surface area contributed by atoms with Gasteiger partial charge >= 0.3 is 0 Å². The highest BCUT2D eigenvalue weighted by Gasteiger charge is 2.37. The molecule has 0 saturated carbocycles. The van der Waals surface area contributed by atoms with Crippen molar-refractivity contribution in [2.24, 2.45) is 10.2 Å². The van der Waals surface area contributed by atoms with Crippen molar-refractivity contribution in [1.29, 1.82) is 0 Å². The fourth-order valence-electron chi connectivity index (χ4n) is 2.90. The van der Waals surface area contributed by atoms with Crippen LogP contribution in [0.4, 0.5) is 0 Å². The first kappa shape index (κ1) is 20.7. The Kier molecular flexibility index (Phi) is 7.08. The second kappa shape index (κ2) is 9.93. The fourth-order valence-corrected chi connectivity index (χ4v) is 4.05. The maximum atomic E-state index is 12.8.